The fourth-order valence-electron chi connectivity index (χ4n) is 5.73. The summed E-state index contributed by atoms with van der Waals surface area (Å²) in [7, 11) is 0.291. The molecular formula is C34H40N4O4Si. The van der Waals surface area contributed by atoms with Gasteiger partial charge in [0.1, 0.15) is 6.61 Å². The molecule has 0 N–H and O–H groups in total. The van der Waals surface area contributed by atoms with Crippen LogP contribution in [0.3, 0.4) is 0 Å². The van der Waals surface area contributed by atoms with E-state index in [2.05, 4.69) is 45.0 Å². The van der Waals surface area contributed by atoms with Crippen molar-refractivity contribution in [3.8, 4) is 5.88 Å². The summed E-state index contributed by atoms with van der Waals surface area (Å²) in [4.78, 5) is 30.1. The lowest BCUT2D eigenvalue weighted by Crippen LogP contribution is -2.69. The average Bonchev–Trinajstić information content (AvgIpc) is 3.19. The second-order valence-corrected chi connectivity index (χ2v) is 16.4. The molecule has 1 aliphatic rings. The number of ether oxygens (including phenoxy) is 1. The zero-order valence-electron chi connectivity index (χ0n) is 25.6. The number of hydrogen-bond acceptors (Lipinski definition) is 5. The number of rotatable bonds is 6. The molecule has 8 nitrogen and oxygen atoms in total. The van der Waals surface area contributed by atoms with Gasteiger partial charge in [-0.15, -0.1) is 4.68 Å². The van der Waals surface area contributed by atoms with Gasteiger partial charge in [-0.3, -0.25) is 0 Å². The lowest BCUT2D eigenvalue weighted by molar-refractivity contribution is 0.0940. The molecule has 2 heterocycles. The van der Waals surface area contributed by atoms with Crippen molar-refractivity contribution in [3.05, 3.63) is 108 Å². The van der Waals surface area contributed by atoms with E-state index in [1.165, 1.54) is 9.58 Å². The van der Waals surface area contributed by atoms with Crippen LogP contribution in [0.2, 0.25) is 5.04 Å². The van der Waals surface area contributed by atoms with Gasteiger partial charge in [-0.2, -0.15) is 5.10 Å². The third-order valence-electron chi connectivity index (χ3n) is 7.90. The summed E-state index contributed by atoms with van der Waals surface area (Å²) >= 11 is 0. The summed E-state index contributed by atoms with van der Waals surface area (Å²) in [5, 5.41) is 6.65. The van der Waals surface area contributed by atoms with Crippen LogP contribution in [-0.4, -0.2) is 60.7 Å². The molecule has 4 aromatic rings. The average molecular weight is 597 g/mol. The summed E-state index contributed by atoms with van der Waals surface area (Å²) in [6, 6.07) is 29.9. The number of aryl methyl sites for hydroxylation is 1. The maximum Gasteiger partial charge on any atom is 0.410 e. The van der Waals surface area contributed by atoms with Crippen molar-refractivity contribution in [1.29, 1.82) is 0 Å². The number of amides is 2. The molecule has 1 aromatic heterocycles. The normalized spacial score (nSPS) is 13.6. The van der Waals surface area contributed by atoms with Crippen molar-refractivity contribution in [2.24, 2.45) is 0 Å². The van der Waals surface area contributed by atoms with E-state index >= 15 is 0 Å². The molecule has 0 bridgehead atoms. The molecule has 0 unspecified atom stereocenters. The molecule has 0 spiro atoms. The maximum atomic E-state index is 13.6. The third kappa shape index (κ3) is 6.08. The van der Waals surface area contributed by atoms with Crippen LogP contribution in [0, 0.1) is 0 Å². The van der Waals surface area contributed by atoms with E-state index in [0.29, 0.717) is 25.3 Å². The fourth-order valence-corrected chi connectivity index (χ4v) is 10.2. The first-order chi connectivity index (χ1) is 20.6. The molecule has 43 heavy (non-hydrogen) atoms. The topological polar surface area (TPSA) is 76.9 Å². The van der Waals surface area contributed by atoms with Crippen LogP contribution in [0.1, 0.15) is 44.0 Å². The Morgan fingerprint density at radius 1 is 0.884 bits per heavy atom. The molecule has 2 amide bonds. The number of carbonyl (C=O) groups is 2. The Labute approximate surface area is 255 Å². The number of hydrogen-bond donors (Lipinski definition) is 0. The van der Waals surface area contributed by atoms with Crippen LogP contribution in [0.5, 0.6) is 5.88 Å². The molecule has 0 fully saturated rings. The zero-order valence-corrected chi connectivity index (χ0v) is 26.6. The lowest BCUT2D eigenvalue weighted by Gasteiger charge is -2.43. The molecule has 0 radical (unpaired) electrons. The zero-order chi connectivity index (χ0) is 30.6. The Morgan fingerprint density at radius 2 is 1.44 bits per heavy atom. The van der Waals surface area contributed by atoms with Crippen molar-refractivity contribution in [1.82, 2.24) is 19.6 Å². The van der Waals surface area contributed by atoms with Crippen molar-refractivity contribution < 1.29 is 18.8 Å². The fraction of sp³-hybridized carbons (Fsp3) is 0.324. The Morgan fingerprint density at radius 3 is 1.98 bits per heavy atom. The standard InChI is InChI=1S/C34H40N4O4Si/c1-34(2,3)43(27-18-11-7-12-19-27,28-20-13-8-14-21-28)42-31-29-24-37(33(40)41-25-26-16-9-6-10-17-26)23-15-22-30(29)35-38(31)32(39)36(4)5/h6-14,16-21H,15,22-25H2,1-5H3. The highest BCUT2D eigenvalue weighted by Gasteiger charge is 2.53. The first-order valence-electron chi connectivity index (χ1n) is 14.7. The van der Waals surface area contributed by atoms with E-state index in [1.54, 1.807) is 19.0 Å². The van der Waals surface area contributed by atoms with Crippen LogP contribution in [0.4, 0.5) is 9.59 Å². The SMILES string of the molecule is CN(C)C(=O)n1nc2c(c1O[Si](c1ccccc1)(c1ccccc1)C(C)(C)C)CN(C(=O)OCc1ccccc1)CCC2. The van der Waals surface area contributed by atoms with Gasteiger partial charge in [-0.25, -0.2) is 9.59 Å². The van der Waals surface area contributed by atoms with Gasteiger partial charge in [0.05, 0.1) is 17.8 Å². The Hall–Kier alpha value is -4.37. The van der Waals surface area contributed by atoms with Crippen LogP contribution >= 0.6 is 0 Å². The molecule has 3 aromatic carbocycles. The highest BCUT2D eigenvalue weighted by Crippen LogP contribution is 2.40. The Kier molecular flexibility index (Phi) is 8.73. The van der Waals surface area contributed by atoms with Gasteiger partial charge in [-0.1, -0.05) is 112 Å². The number of benzene rings is 3. The second-order valence-electron chi connectivity index (χ2n) is 12.1. The summed E-state index contributed by atoms with van der Waals surface area (Å²) in [6.07, 6.45) is 0.904. The number of fused-ring (bicyclic) bond motifs is 1. The molecule has 5 rings (SSSR count). The minimum Gasteiger partial charge on any atom is -0.521 e. The first-order valence-corrected chi connectivity index (χ1v) is 16.6. The smallest absolute Gasteiger partial charge is 0.410 e. The molecule has 1 aliphatic heterocycles. The Bertz CT molecular complexity index is 1510. The van der Waals surface area contributed by atoms with Gasteiger partial charge < -0.3 is 19.0 Å². The van der Waals surface area contributed by atoms with E-state index in [4.69, 9.17) is 14.3 Å². The summed E-state index contributed by atoms with van der Waals surface area (Å²) in [5.74, 6) is 0.394. The summed E-state index contributed by atoms with van der Waals surface area (Å²) < 4.78 is 14.5. The summed E-state index contributed by atoms with van der Waals surface area (Å²) in [6.45, 7) is 7.52. The van der Waals surface area contributed by atoms with Gasteiger partial charge in [0.2, 0.25) is 5.88 Å². The molecule has 0 saturated heterocycles. The number of carbonyl (C=O) groups excluding carboxylic acids is 2. The van der Waals surface area contributed by atoms with E-state index < -0.39 is 14.4 Å². The van der Waals surface area contributed by atoms with Gasteiger partial charge in [-0.05, 0) is 33.8 Å². The quantitative estimate of drug-likeness (QED) is 0.277. The predicted octanol–water partition coefficient (Wildman–Crippen LogP) is 5.44. The lowest BCUT2D eigenvalue weighted by atomic mass is 10.2. The van der Waals surface area contributed by atoms with Crippen molar-refractivity contribution in [3.63, 3.8) is 0 Å². The van der Waals surface area contributed by atoms with E-state index in [9.17, 15) is 9.59 Å². The third-order valence-corrected chi connectivity index (χ3v) is 12.8. The molecular weight excluding hydrogens is 556 g/mol. The number of nitrogens with zero attached hydrogens (tertiary/aromatic N) is 4. The minimum atomic E-state index is -3.12. The van der Waals surface area contributed by atoms with Crippen molar-refractivity contribution in [2.45, 2.75) is 51.8 Å². The van der Waals surface area contributed by atoms with Crippen molar-refractivity contribution >= 4 is 30.8 Å². The summed E-state index contributed by atoms with van der Waals surface area (Å²) in [5.41, 5.74) is 2.44. The second kappa shape index (κ2) is 12.5. The van der Waals surface area contributed by atoms with Gasteiger partial charge >= 0.3 is 20.4 Å². The van der Waals surface area contributed by atoms with Crippen LogP contribution in [0.25, 0.3) is 0 Å². The highest BCUT2D eigenvalue weighted by atomic mass is 28.4. The van der Waals surface area contributed by atoms with E-state index in [1.807, 2.05) is 66.7 Å². The molecule has 224 valence electrons. The monoisotopic (exact) mass is 596 g/mol. The van der Waals surface area contributed by atoms with Gasteiger partial charge in [0.25, 0.3) is 0 Å². The van der Waals surface area contributed by atoms with Crippen LogP contribution < -0.4 is 14.8 Å². The molecule has 9 heteroatoms. The molecule has 0 aliphatic carbocycles. The van der Waals surface area contributed by atoms with Crippen molar-refractivity contribution in [2.75, 3.05) is 20.6 Å². The first kappa shape index (κ1) is 30.1. The van der Waals surface area contributed by atoms with Gasteiger partial charge in [0, 0.05) is 20.6 Å². The largest absolute Gasteiger partial charge is 0.521 e. The highest BCUT2D eigenvalue weighted by molar-refractivity contribution is 7.00. The molecule has 0 atom stereocenters. The molecule has 0 saturated carbocycles. The predicted molar refractivity (Wildman–Crippen MR) is 170 cm³/mol. The number of aromatic nitrogens is 2. The van der Waals surface area contributed by atoms with E-state index in [-0.39, 0.29) is 24.2 Å². The Balaban J connectivity index is 1.62. The van der Waals surface area contributed by atoms with Crippen LogP contribution in [0.15, 0.2) is 91.0 Å². The van der Waals surface area contributed by atoms with Gasteiger partial charge in [0.15, 0.2) is 0 Å². The van der Waals surface area contributed by atoms with Crippen LogP contribution in [-0.2, 0) is 24.3 Å². The maximum absolute atomic E-state index is 13.6. The minimum absolute atomic E-state index is 0.187. The van der Waals surface area contributed by atoms with E-state index in [0.717, 1.165) is 27.2 Å².